The van der Waals surface area contributed by atoms with Crippen molar-refractivity contribution >= 4 is 29.1 Å². The van der Waals surface area contributed by atoms with E-state index < -0.39 is 11.9 Å². The second-order valence-electron chi connectivity index (χ2n) is 4.45. The molecule has 0 aromatic heterocycles. The topological polar surface area (TPSA) is 41.1 Å². The van der Waals surface area contributed by atoms with E-state index in [1.807, 2.05) is 0 Å². The molecule has 0 radical (unpaired) electrons. The summed E-state index contributed by atoms with van der Waals surface area (Å²) in [7, 11) is 1.77. The molecule has 1 amide bonds. The van der Waals surface area contributed by atoms with Gasteiger partial charge in [-0.2, -0.15) is 0 Å². The van der Waals surface area contributed by atoms with E-state index in [1.165, 1.54) is 12.1 Å². The number of hydrogen-bond donors (Lipinski definition) is 2. The number of hydrogen-bond acceptors (Lipinski definition) is 2. The molecule has 0 aliphatic carbocycles. The summed E-state index contributed by atoms with van der Waals surface area (Å²) < 4.78 is 13.4. The Labute approximate surface area is 122 Å². The van der Waals surface area contributed by atoms with Crippen LogP contribution in [0.5, 0.6) is 0 Å². The van der Waals surface area contributed by atoms with Gasteiger partial charge in [-0.15, -0.1) is 0 Å². The van der Waals surface area contributed by atoms with Gasteiger partial charge in [0.1, 0.15) is 5.82 Å². The van der Waals surface area contributed by atoms with Crippen LogP contribution in [0, 0.1) is 11.7 Å². The van der Waals surface area contributed by atoms with Gasteiger partial charge in [0, 0.05) is 23.0 Å². The maximum absolute atomic E-state index is 13.4. The van der Waals surface area contributed by atoms with Gasteiger partial charge >= 0.3 is 0 Å². The summed E-state index contributed by atoms with van der Waals surface area (Å²) >= 11 is 11.9. The molecular formula is C13H17Cl2FN2O. The summed E-state index contributed by atoms with van der Waals surface area (Å²) in [6.07, 6.45) is 0. The Morgan fingerprint density at radius 1 is 1.37 bits per heavy atom. The average Bonchev–Trinajstić information content (AvgIpc) is 2.34. The minimum absolute atomic E-state index is 0.0541. The zero-order chi connectivity index (χ0) is 14.6. The van der Waals surface area contributed by atoms with Gasteiger partial charge in [-0.1, -0.05) is 30.1 Å². The van der Waals surface area contributed by atoms with Crippen molar-refractivity contribution in [3.8, 4) is 0 Å². The molecule has 0 saturated carbocycles. The lowest BCUT2D eigenvalue weighted by Gasteiger charge is -2.20. The molecule has 0 bridgehead atoms. The van der Waals surface area contributed by atoms with Crippen molar-refractivity contribution < 1.29 is 9.18 Å². The highest BCUT2D eigenvalue weighted by Gasteiger charge is 2.20. The summed E-state index contributed by atoms with van der Waals surface area (Å²) in [5, 5.41) is 5.98. The second-order valence-corrected chi connectivity index (χ2v) is 5.23. The molecule has 1 aromatic rings. The molecule has 0 spiro atoms. The predicted molar refractivity (Wildman–Crippen MR) is 76.1 cm³/mol. The number of nitrogens with one attached hydrogen (secondary N) is 2. The fourth-order valence-corrected chi connectivity index (χ4v) is 2.46. The number of rotatable bonds is 5. The fourth-order valence-electron chi connectivity index (χ4n) is 1.77. The van der Waals surface area contributed by atoms with Crippen LogP contribution in [0.1, 0.15) is 25.5 Å². The monoisotopic (exact) mass is 306 g/mol. The molecule has 106 valence electrons. The van der Waals surface area contributed by atoms with Gasteiger partial charge in [-0.05, 0) is 26.1 Å². The molecular weight excluding hydrogens is 290 g/mol. The van der Waals surface area contributed by atoms with E-state index in [9.17, 15) is 9.18 Å². The van der Waals surface area contributed by atoms with Crippen LogP contribution >= 0.6 is 23.2 Å². The Bertz CT molecular complexity index is 468. The maximum Gasteiger partial charge on any atom is 0.224 e. The highest BCUT2D eigenvalue weighted by Crippen LogP contribution is 2.32. The van der Waals surface area contributed by atoms with Gasteiger partial charge in [0.25, 0.3) is 0 Å². The SMILES string of the molecule is CNCC(C)C(=O)NC(C)c1c(Cl)ccc(F)c1Cl. The lowest BCUT2D eigenvalue weighted by molar-refractivity contribution is -0.125. The third-order valence-corrected chi connectivity index (χ3v) is 3.54. The van der Waals surface area contributed by atoms with Crippen LogP contribution in [0.25, 0.3) is 0 Å². The highest BCUT2D eigenvalue weighted by atomic mass is 35.5. The third-order valence-electron chi connectivity index (χ3n) is 2.83. The Morgan fingerprint density at radius 3 is 2.58 bits per heavy atom. The average molecular weight is 307 g/mol. The van der Waals surface area contributed by atoms with Crippen LogP contribution in [0.3, 0.4) is 0 Å². The maximum atomic E-state index is 13.4. The van der Waals surface area contributed by atoms with Crippen LogP contribution in [0.2, 0.25) is 10.0 Å². The van der Waals surface area contributed by atoms with Crippen molar-refractivity contribution in [2.24, 2.45) is 5.92 Å². The molecule has 2 unspecified atom stereocenters. The van der Waals surface area contributed by atoms with Crippen molar-refractivity contribution in [1.82, 2.24) is 10.6 Å². The van der Waals surface area contributed by atoms with Crippen LogP contribution < -0.4 is 10.6 Å². The van der Waals surface area contributed by atoms with Gasteiger partial charge < -0.3 is 10.6 Å². The van der Waals surface area contributed by atoms with E-state index in [4.69, 9.17) is 23.2 Å². The van der Waals surface area contributed by atoms with Crippen molar-refractivity contribution in [3.63, 3.8) is 0 Å². The molecule has 0 fully saturated rings. The number of benzene rings is 1. The number of halogens is 3. The molecule has 2 atom stereocenters. The first-order valence-corrected chi connectivity index (χ1v) is 6.72. The Kier molecular flexibility index (Phi) is 6.04. The van der Waals surface area contributed by atoms with Gasteiger partial charge in [0.2, 0.25) is 5.91 Å². The molecule has 0 heterocycles. The van der Waals surface area contributed by atoms with E-state index in [0.717, 1.165) is 0 Å². The molecule has 1 aromatic carbocycles. The lowest BCUT2D eigenvalue weighted by Crippen LogP contribution is -2.36. The summed E-state index contributed by atoms with van der Waals surface area (Å²) in [6, 6.07) is 2.17. The minimum atomic E-state index is -0.551. The van der Waals surface area contributed by atoms with Crippen molar-refractivity contribution in [3.05, 3.63) is 33.6 Å². The van der Waals surface area contributed by atoms with Gasteiger partial charge in [0.15, 0.2) is 0 Å². The van der Waals surface area contributed by atoms with Gasteiger partial charge in [0.05, 0.1) is 11.1 Å². The molecule has 6 heteroatoms. The number of amides is 1. The number of carbonyl (C=O) groups excluding carboxylic acids is 1. The Morgan fingerprint density at radius 2 is 2.00 bits per heavy atom. The first-order chi connectivity index (χ1) is 8.88. The quantitative estimate of drug-likeness (QED) is 0.820. The molecule has 2 N–H and O–H groups in total. The van der Waals surface area contributed by atoms with Crippen LogP contribution in [0.15, 0.2) is 12.1 Å². The predicted octanol–water partition coefficient (Wildman–Crippen LogP) is 3.17. The molecule has 19 heavy (non-hydrogen) atoms. The largest absolute Gasteiger partial charge is 0.349 e. The second kappa shape index (κ2) is 7.08. The first kappa shape index (κ1) is 16.2. The lowest BCUT2D eigenvalue weighted by atomic mass is 10.1. The zero-order valence-electron chi connectivity index (χ0n) is 11.1. The molecule has 0 aliphatic heterocycles. The number of carbonyl (C=O) groups is 1. The van der Waals surface area contributed by atoms with Crippen LogP contribution in [-0.2, 0) is 4.79 Å². The van der Waals surface area contributed by atoms with E-state index in [2.05, 4.69) is 10.6 Å². The third kappa shape index (κ3) is 4.06. The summed E-state index contributed by atoms with van der Waals surface area (Å²) in [5.41, 5.74) is 0.397. The van der Waals surface area contributed by atoms with E-state index >= 15 is 0 Å². The Hall–Kier alpha value is -0.840. The molecule has 0 aliphatic rings. The highest BCUT2D eigenvalue weighted by molar-refractivity contribution is 6.36. The molecule has 1 rings (SSSR count). The van der Waals surface area contributed by atoms with Crippen molar-refractivity contribution in [1.29, 1.82) is 0 Å². The van der Waals surface area contributed by atoms with Crippen LogP contribution in [0.4, 0.5) is 4.39 Å². The van der Waals surface area contributed by atoms with E-state index in [0.29, 0.717) is 17.1 Å². The van der Waals surface area contributed by atoms with E-state index in [-0.39, 0.29) is 16.8 Å². The van der Waals surface area contributed by atoms with Crippen molar-refractivity contribution in [2.45, 2.75) is 19.9 Å². The standard InChI is InChI=1S/C13H17Cl2FN2O/c1-7(6-17-3)13(19)18-8(2)11-9(14)4-5-10(16)12(11)15/h4-5,7-8,17H,6H2,1-3H3,(H,18,19). The summed E-state index contributed by atoms with van der Waals surface area (Å²) in [4.78, 5) is 11.9. The minimum Gasteiger partial charge on any atom is -0.349 e. The fraction of sp³-hybridized carbons (Fsp3) is 0.462. The zero-order valence-corrected chi connectivity index (χ0v) is 12.6. The van der Waals surface area contributed by atoms with Gasteiger partial charge in [-0.3, -0.25) is 4.79 Å². The summed E-state index contributed by atoms with van der Waals surface area (Å²) in [6.45, 7) is 4.08. The van der Waals surface area contributed by atoms with E-state index in [1.54, 1.807) is 20.9 Å². The van der Waals surface area contributed by atoms with Crippen LogP contribution in [-0.4, -0.2) is 19.5 Å². The smallest absolute Gasteiger partial charge is 0.224 e. The van der Waals surface area contributed by atoms with Gasteiger partial charge in [-0.25, -0.2) is 4.39 Å². The normalized spacial score (nSPS) is 14.0. The molecule has 3 nitrogen and oxygen atoms in total. The van der Waals surface area contributed by atoms with Crippen molar-refractivity contribution in [2.75, 3.05) is 13.6 Å². The summed E-state index contributed by atoms with van der Waals surface area (Å²) in [5.74, 6) is -0.887. The first-order valence-electron chi connectivity index (χ1n) is 5.96. The molecule has 0 saturated heterocycles. The Balaban J connectivity index is 2.87.